The van der Waals surface area contributed by atoms with Crippen LogP contribution in [0.1, 0.15) is 41.9 Å². The van der Waals surface area contributed by atoms with Crippen molar-refractivity contribution >= 4 is 31.9 Å². The van der Waals surface area contributed by atoms with Gasteiger partial charge in [-0.2, -0.15) is 5.10 Å². The molecule has 1 aliphatic carbocycles. The van der Waals surface area contributed by atoms with Gasteiger partial charge in [0.05, 0.1) is 30.3 Å². The Morgan fingerprint density at radius 2 is 2.00 bits per heavy atom. The number of aromatic nitrogens is 3. The van der Waals surface area contributed by atoms with Gasteiger partial charge in [-0.1, -0.05) is 0 Å². The van der Waals surface area contributed by atoms with Gasteiger partial charge < -0.3 is 34.4 Å². The van der Waals surface area contributed by atoms with Crippen molar-refractivity contribution < 1.29 is 47.0 Å². The van der Waals surface area contributed by atoms with E-state index >= 15 is 0 Å². The second-order valence-corrected chi connectivity index (χ2v) is 13.5. The maximum absolute atomic E-state index is 14.6. The molecule has 2 aliphatic rings. The van der Waals surface area contributed by atoms with E-state index in [-0.39, 0.29) is 12.5 Å². The predicted octanol–water partition coefficient (Wildman–Crippen LogP) is 3.10. The Balaban J connectivity index is 1.35. The van der Waals surface area contributed by atoms with Gasteiger partial charge in [0, 0.05) is 29.4 Å². The summed E-state index contributed by atoms with van der Waals surface area (Å²) in [5, 5.41) is 18.7. The highest BCUT2D eigenvalue weighted by atomic mass is 31.2. The number of fused-ring (bicyclic) bond motifs is 2. The third-order valence-corrected chi connectivity index (χ3v) is 9.99. The van der Waals surface area contributed by atoms with Crippen LogP contribution in [0.5, 0.6) is 0 Å². The molecule has 1 saturated heterocycles. The number of pyridine rings is 1. The van der Waals surface area contributed by atoms with Crippen LogP contribution in [0.15, 0.2) is 24.4 Å². The van der Waals surface area contributed by atoms with Crippen molar-refractivity contribution in [1.29, 1.82) is 0 Å². The molecule has 0 amide bonds. The van der Waals surface area contributed by atoms with E-state index in [1.54, 1.807) is 19.2 Å². The molecule has 5 atom stereocenters. The Morgan fingerprint density at radius 3 is 2.74 bits per heavy atom. The minimum absolute atomic E-state index is 0.0458. The van der Waals surface area contributed by atoms with Crippen LogP contribution in [-0.2, 0) is 24.8 Å². The Labute approximate surface area is 215 Å². The summed E-state index contributed by atoms with van der Waals surface area (Å²) in [6.45, 7) is 1.19. The number of aliphatic hydroxyl groups excluding tert-OH is 1. The molecule has 12 nitrogen and oxygen atoms in total. The van der Waals surface area contributed by atoms with Gasteiger partial charge in [0.15, 0.2) is 17.8 Å². The Hall–Kier alpha value is -2.28. The predicted molar refractivity (Wildman–Crippen MR) is 131 cm³/mol. The van der Waals surface area contributed by atoms with Crippen LogP contribution in [0.4, 0.5) is 14.5 Å². The van der Waals surface area contributed by atoms with E-state index in [1.807, 2.05) is 0 Å². The first-order valence-corrected chi connectivity index (χ1v) is 15.3. The molecule has 1 aliphatic heterocycles. The van der Waals surface area contributed by atoms with Gasteiger partial charge in [-0.05, 0) is 37.5 Å². The lowest BCUT2D eigenvalue weighted by Crippen LogP contribution is -2.26. The Kier molecular flexibility index (Phi) is 7.21. The molecule has 3 aromatic rings. The molecule has 1 fully saturated rings. The van der Waals surface area contributed by atoms with Crippen LogP contribution >= 0.6 is 15.2 Å². The summed E-state index contributed by atoms with van der Waals surface area (Å²) >= 11 is 0. The third-order valence-electron chi connectivity index (χ3n) is 6.54. The number of halogens is 2. The highest BCUT2D eigenvalue weighted by molar-refractivity contribution is 7.70. The van der Waals surface area contributed by atoms with Crippen LogP contribution in [0, 0.1) is 18.6 Å². The third kappa shape index (κ3) is 5.68. The molecule has 5 N–H and O–H groups in total. The van der Waals surface area contributed by atoms with Gasteiger partial charge in [0.1, 0.15) is 17.7 Å². The molecule has 38 heavy (non-hydrogen) atoms. The maximum atomic E-state index is 14.6. The Bertz CT molecular complexity index is 1480. The fourth-order valence-corrected chi connectivity index (χ4v) is 7.53. The van der Waals surface area contributed by atoms with E-state index < -0.39 is 57.8 Å². The number of hydrogen-bond acceptors (Lipinski definition) is 8. The SMILES string of the molecule is Cc1cc(N[C@@H]2CCc3cc(F)cc(F)c32)c2cnn([C@H]3C[C@H](O)[C@@H](COP(=O)(O)CP(=O)(O)O)O3)c2n1. The van der Waals surface area contributed by atoms with Crippen LogP contribution in [0.25, 0.3) is 11.0 Å². The number of hydrogen-bond donors (Lipinski definition) is 5. The molecule has 0 bridgehead atoms. The summed E-state index contributed by atoms with van der Waals surface area (Å²) in [6, 6.07) is 3.62. The smallest absolute Gasteiger partial charge is 0.340 e. The number of benzene rings is 1. The molecule has 1 unspecified atom stereocenters. The van der Waals surface area contributed by atoms with E-state index in [2.05, 4.69) is 15.4 Å². The lowest BCUT2D eigenvalue weighted by Gasteiger charge is -2.19. The molecule has 2 aromatic heterocycles. The molecule has 3 heterocycles. The number of aliphatic hydroxyl groups is 1. The van der Waals surface area contributed by atoms with E-state index in [4.69, 9.17) is 19.0 Å². The van der Waals surface area contributed by atoms with Gasteiger partial charge in [0.2, 0.25) is 0 Å². The highest BCUT2D eigenvalue weighted by Gasteiger charge is 2.39. The Morgan fingerprint density at radius 1 is 1.24 bits per heavy atom. The molecule has 16 heteroatoms. The van der Waals surface area contributed by atoms with Crippen LogP contribution in [-0.4, -0.2) is 59.3 Å². The quantitative estimate of drug-likeness (QED) is 0.250. The van der Waals surface area contributed by atoms with Crippen molar-refractivity contribution in [3.63, 3.8) is 0 Å². The fourth-order valence-electron chi connectivity index (χ4n) is 4.96. The van der Waals surface area contributed by atoms with E-state index in [0.29, 0.717) is 46.4 Å². The average Bonchev–Trinajstić information content (AvgIpc) is 3.47. The molecule has 1 aromatic carbocycles. The second-order valence-electron chi connectivity index (χ2n) is 9.51. The van der Waals surface area contributed by atoms with Crippen molar-refractivity contribution in [2.24, 2.45) is 0 Å². The first kappa shape index (κ1) is 27.3. The topological polar surface area (TPSA) is 176 Å². The molecular formula is C22H26F2N4O8P2. The van der Waals surface area contributed by atoms with Crippen molar-refractivity contribution in [3.8, 4) is 0 Å². The second kappa shape index (κ2) is 10.0. The molecule has 5 rings (SSSR count). The number of anilines is 1. The standard InChI is InChI=1S/C22H26F2N4O8P2/c1-11-4-17(27-16-3-2-12-5-13(23)6-15(24)21(12)16)14-8-25-28(22(14)26-11)20-7-18(29)19(36-20)9-35-38(33,34)10-37(30,31)32/h4-6,8,16,18-20,29H,2-3,7,9-10H2,1H3,(H,26,27)(H,33,34)(H2,30,31,32)/t16-,18+,19-,20-/m1/s1. The molecule has 0 radical (unpaired) electrons. The van der Waals surface area contributed by atoms with Gasteiger partial charge in [-0.15, -0.1) is 0 Å². The van der Waals surface area contributed by atoms with Gasteiger partial charge in [0.25, 0.3) is 0 Å². The number of ether oxygens (including phenoxy) is 1. The summed E-state index contributed by atoms with van der Waals surface area (Å²) in [7, 11) is -9.41. The summed E-state index contributed by atoms with van der Waals surface area (Å²) in [4.78, 5) is 32.1. The van der Waals surface area contributed by atoms with E-state index in [1.165, 1.54) is 10.7 Å². The minimum atomic E-state index is -4.79. The van der Waals surface area contributed by atoms with Crippen molar-refractivity contribution in [1.82, 2.24) is 14.8 Å². The fraction of sp³-hybridized carbons (Fsp3) is 0.455. The molecule has 0 spiro atoms. The zero-order chi connectivity index (χ0) is 27.4. The number of nitrogens with one attached hydrogen (secondary N) is 1. The van der Waals surface area contributed by atoms with E-state index in [0.717, 1.165) is 6.07 Å². The van der Waals surface area contributed by atoms with E-state index in [9.17, 15) is 27.9 Å². The van der Waals surface area contributed by atoms with Crippen molar-refractivity contribution in [2.75, 3.05) is 17.8 Å². The lowest BCUT2D eigenvalue weighted by atomic mass is 10.1. The van der Waals surface area contributed by atoms with Crippen molar-refractivity contribution in [3.05, 3.63) is 52.9 Å². The van der Waals surface area contributed by atoms with Crippen LogP contribution in [0.2, 0.25) is 0 Å². The van der Waals surface area contributed by atoms with Gasteiger partial charge in [-0.25, -0.2) is 18.4 Å². The molecule has 0 saturated carbocycles. The summed E-state index contributed by atoms with van der Waals surface area (Å²) in [5.41, 5.74) is 2.71. The van der Waals surface area contributed by atoms with Gasteiger partial charge in [-0.3, -0.25) is 9.13 Å². The summed E-state index contributed by atoms with van der Waals surface area (Å²) < 4.78 is 63.2. The number of nitrogens with zero attached hydrogens (tertiary/aromatic N) is 3. The zero-order valence-electron chi connectivity index (χ0n) is 20.1. The monoisotopic (exact) mass is 574 g/mol. The first-order valence-electron chi connectivity index (χ1n) is 11.7. The highest BCUT2D eigenvalue weighted by Crippen LogP contribution is 2.55. The lowest BCUT2D eigenvalue weighted by molar-refractivity contribution is -0.0434. The van der Waals surface area contributed by atoms with Crippen LogP contribution in [0.3, 0.4) is 0 Å². The summed E-state index contributed by atoms with van der Waals surface area (Å²) in [6.07, 6.45) is -0.297. The molecule has 206 valence electrons. The maximum Gasteiger partial charge on any atom is 0.340 e. The first-order chi connectivity index (χ1) is 17.8. The number of rotatable bonds is 8. The normalized spacial score (nSPS) is 25.0. The summed E-state index contributed by atoms with van der Waals surface area (Å²) in [5.74, 6) is -2.57. The zero-order valence-corrected chi connectivity index (χ0v) is 21.9. The largest absolute Gasteiger partial charge is 0.390 e. The average molecular weight is 574 g/mol. The minimum Gasteiger partial charge on any atom is -0.390 e. The molecular weight excluding hydrogens is 548 g/mol. The van der Waals surface area contributed by atoms with Crippen molar-refractivity contribution in [2.45, 2.75) is 50.7 Å². The van der Waals surface area contributed by atoms with Gasteiger partial charge >= 0.3 is 15.2 Å². The number of aryl methyl sites for hydroxylation is 2. The van der Waals surface area contributed by atoms with Crippen LogP contribution < -0.4 is 5.32 Å².